The molecule has 1 heterocycles. The third-order valence-corrected chi connectivity index (χ3v) is 4.21. The van der Waals surface area contributed by atoms with Gasteiger partial charge in [-0.05, 0) is 45.4 Å². The number of nitrogens with zero attached hydrogens (tertiary/aromatic N) is 1. The number of amides is 1. The number of rotatable bonds is 1. The van der Waals surface area contributed by atoms with Gasteiger partial charge in [0.1, 0.15) is 0 Å². The van der Waals surface area contributed by atoms with Crippen molar-refractivity contribution in [2.24, 2.45) is 0 Å². The lowest BCUT2D eigenvalue weighted by Crippen LogP contribution is -2.53. The molecule has 4 heteroatoms. The molecule has 0 aromatic heterocycles. The molecule has 0 radical (unpaired) electrons. The standard InChI is InChI=1S/C15H20BrNO2/c1-10-8-17(9-15(3,4)19-10)14(18)12-6-5-7-13(16)11(12)2/h5-7,10H,8-9H2,1-4H3. The molecule has 19 heavy (non-hydrogen) atoms. The van der Waals surface area contributed by atoms with Gasteiger partial charge in [0.05, 0.1) is 11.7 Å². The zero-order valence-electron chi connectivity index (χ0n) is 11.9. The van der Waals surface area contributed by atoms with E-state index in [1.165, 1.54) is 0 Å². The summed E-state index contributed by atoms with van der Waals surface area (Å²) in [5, 5.41) is 0. The highest BCUT2D eigenvalue weighted by atomic mass is 79.9. The maximum Gasteiger partial charge on any atom is 0.254 e. The van der Waals surface area contributed by atoms with E-state index in [-0.39, 0.29) is 17.6 Å². The minimum atomic E-state index is -0.284. The number of hydrogen-bond donors (Lipinski definition) is 0. The molecule has 104 valence electrons. The molecule has 0 N–H and O–H groups in total. The predicted molar refractivity (Wildman–Crippen MR) is 79.4 cm³/mol. The molecule has 1 atom stereocenters. The molecule has 1 unspecified atom stereocenters. The van der Waals surface area contributed by atoms with Crippen LogP contribution in [0, 0.1) is 6.92 Å². The van der Waals surface area contributed by atoms with Gasteiger partial charge in [-0.15, -0.1) is 0 Å². The van der Waals surface area contributed by atoms with Gasteiger partial charge >= 0.3 is 0 Å². The maximum absolute atomic E-state index is 12.7. The van der Waals surface area contributed by atoms with Crippen molar-refractivity contribution in [1.29, 1.82) is 0 Å². The van der Waals surface area contributed by atoms with Crippen LogP contribution in [0.2, 0.25) is 0 Å². The van der Waals surface area contributed by atoms with Crippen LogP contribution in [0.1, 0.15) is 36.7 Å². The van der Waals surface area contributed by atoms with Crippen LogP contribution >= 0.6 is 15.9 Å². The van der Waals surface area contributed by atoms with Crippen molar-refractivity contribution in [2.75, 3.05) is 13.1 Å². The van der Waals surface area contributed by atoms with Crippen molar-refractivity contribution < 1.29 is 9.53 Å². The molecule has 2 rings (SSSR count). The molecule has 3 nitrogen and oxygen atoms in total. The van der Waals surface area contributed by atoms with Gasteiger partial charge in [0.25, 0.3) is 5.91 Å². The Labute approximate surface area is 123 Å². The molecule has 0 saturated carbocycles. The van der Waals surface area contributed by atoms with Gasteiger partial charge in [-0.25, -0.2) is 0 Å². The zero-order valence-corrected chi connectivity index (χ0v) is 13.5. The fourth-order valence-corrected chi connectivity index (χ4v) is 2.98. The van der Waals surface area contributed by atoms with Crippen molar-refractivity contribution in [3.8, 4) is 0 Å². The van der Waals surface area contributed by atoms with Gasteiger partial charge in [0.2, 0.25) is 0 Å². The Bertz CT molecular complexity index is 499. The highest BCUT2D eigenvalue weighted by Gasteiger charge is 2.34. The number of carbonyl (C=O) groups excluding carboxylic acids is 1. The highest BCUT2D eigenvalue weighted by Crippen LogP contribution is 2.25. The first kappa shape index (κ1) is 14.5. The Morgan fingerprint density at radius 2 is 2.16 bits per heavy atom. The van der Waals surface area contributed by atoms with E-state index >= 15 is 0 Å². The quantitative estimate of drug-likeness (QED) is 0.792. The summed E-state index contributed by atoms with van der Waals surface area (Å²) >= 11 is 3.48. The minimum absolute atomic E-state index is 0.0696. The van der Waals surface area contributed by atoms with Crippen LogP contribution in [0.5, 0.6) is 0 Å². The number of ether oxygens (including phenoxy) is 1. The second kappa shape index (κ2) is 5.25. The summed E-state index contributed by atoms with van der Waals surface area (Å²) < 4.78 is 6.81. The van der Waals surface area contributed by atoms with E-state index in [0.717, 1.165) is 15.6 Å². The van der Waals surface area contributed by atoms with Gasteiger partial charge in [0, 0.05) is 23.1 Å². The van der Waals surface area contributed by atoms with Crippen LogP contribution in [-0.4, -0.2) is 35.6 Å². The molecule has 1 aliphatic heterocycles. The van der Waals surface area contributed by atoms with E-state index in [9.17, 15) is 4.79 Å². The first-order valence-electron chi connectivity index (χ1n) is 6.52. The van der Waals surface area contributed by atoms with E-state index in [1.807, 2.05) is 50.8 Å². The number of hydrogen-bond acceptors (Lipinski definition) is 2. The third-order valence-electron chi connectivity index (χ3n) is 3.35. The average molecular weight is 326 g/mol. The lowest BCUT2D eigenvalue weighted by molar-refractivity contribution is -0.118. The van der Waals surface area contributed by atoms with Crippen LogP contribution in [0.3, 0.4) is 0 Å². The summed E-state index contributed by atoms with van der Waals surface area (Å²) in [6.45, 7) is 9.30. The maximum atomic E-state index is 12.7. The van der Waals surface area contributed by atoms with E-state index in [1.54, 1.807) is 0 Å². The van der Waals surface area contributed by atoms with Crippen molar-refractivity contribution in [3.05, 3.63) is 33.8 Å². The van der Waals surface area contributed by atoms with Crippen molar-refractivity contribution in [3.63, 3.8) is 0 Å². The Hall–Kier alpha value is -0.870. The molecular weight excluding hydrogens is 306 g/mol. The van der Waals surface area contributed by atoms with Crippen LogP contribution in [0.25, 0.3) is 0 Å². The van der Waals surface area contributed by atoms with Crippen molar-refractivity contribution in [1.82, 2.24) is 4.90 Å². The molecule has 0 spiro atoms. The number of benzene rings is 1. The Balaban J connectivity index is 2.26. The normalized spacial score (nSPS) is 22.4. The topological polar surface area (TPSA) is 29.5 Å². The number of halogens is 1. The summed E-state index contributed by atoms with van der Waals surface area (Å²) in [5.74, 6) is 0.0852. The second-order valence-electron chi connectivity index (χ2n) is 5.79. The van der Waals surface area contributed by atoms with Gasteiger partial charge < -0.3 is 9.64 Å². The predicted octanol–water partition coefficient (Wildman–Crippen LogP) is 3.40. The molecule has 1 aromatic rings. The first-order valence-corrected chi connectivity index (χ1v) is 7.32. The Morgan fingerprint density at radius 1 is 1.47 bits per heavy atom. The van der Waals surface area contributed by atoms with Crippen LogP contribution < -0.4 is 0 Å². The SMILES string of the molecule is Cc1c(Br)cccc1C(=O)N1CC(C)OC(C)(C)C1. The van der Waals surface area contributed by atoms with Gasteiger partial charge in [-0.2, -0.15) is 0 Å². The monoisotopic (exact) mass is 325 g/mol. The van der Waals surface area contributed by atoms with Crippen LogP contribution in [0.15, 0.2) is 22.7 Å². The summed E-state index contributed by atoms with van der Waals surface area (Å²) in [6, 6.07) is 5.74. The highest BCUT2D eigenvalue weighted by molar-refractivity contribution is 9.10. The molecule has 1 amide bonds. The molecule has 1 fully saturated rings. The first-order chi connectivity index (χ1) is 8.80. The van der Waals surface area contributed by atoms with Crippen LogP contribution in [0.4, 0.5) is 0 Å². The van der Waals surface area contributed by atoms with E-state index in [0.29, 0.717) is 13.1 Å². The van der Waals surface area contributed by atoms with Gasteiger partial charge in [0.15, 0.2) is 0 Å². The Morgan fingerprint density at radius 3 is 2.79 bits per heavy atom. The molecule has 0 aliphatic carbocycles. The van der Waals surface area contributed by atoms with E-state index in [2.05, 4.69) is 15.9 Å². The fraction of sp³-hybridized carbons (Fsp3) is 0.533. The molecular formula is C15H20BrNO2. The number of morpholine rings is 1. The van der Waals surface area contributed by atoms with E-state index in [4.69, 9.17) is 4.74 Å². The molecule has 1 saturated heterocycles. The van der Waals surface area contributed by atoms with Crippen molar-refractivity contribution in [2.45, 2.75) is 39.4 Å². The largest absolute Gasteiger partial charge is 0.369 e. The summed E-state index contributed by atoms with van der Waals surface area (Å²) in [4.78, 5) is 14.5. The third kappa shape index (κ3) is 3.18. The van der Waals surface area contributed by atoms with Gasteiger partial charge in [-0.1, -0.05) is 22.0 Å². The lowest BCUT2D eigenvalue weighted by Gasteiger charge is -2.41. The van der Waals surface area contributed by atoms with Crippen LogP contribution in [-0.2, 0) is 4.74 Å². The lowest BCUT2D eigenvalue weighted by atomic mass is 10.0. The van der Waals surface area contributed by atoms with Gasteiger partial charge in [-0.3, -0.25) is 4.79 Å². The fourth-order valence-electron chi connectivity index (χ4n) is 2.62. The zero-order chi connectivity index (χ0) is 14.2. The minimum Gasteiger partial charge on any atom is -0.369 e. The average Bonchev–Trinajstić information content (AvgIpc) is 2.29. The van der Waals surface area contributed by atoms with E-state index < -0.39 is 0 Å². The van der Waals surface area contributed by atoms with Crippen molar-refractivity contribution >= 4 is 21.8 Å². The number of carbonyl (C=O) groups is 1. The Kier molecular flexibility index (Phi) is 4.02. The molecule has 1 aliphatic rings. The summed E-state index contributed by atoms with van der Waals surface area (Å²) in [7, 11) is 0. The molecule has 1 aromatic carbocycles. The molecule has 0 bridgehead atoms. The summed E-state index contributed by atoms with van der Waals surface area (Å²) in [5.41, 5.74) is 1.47. The smallest absolute Gasteiger partial charge is 0.254 e. The summed E-state index contributed by atoms with van der Waals surface area (Å²) in [6.07, 6.45) is 0.0696. The second-order valence-corrected chi connectivity index (χ2v) is 6.64.